The zero-order chi connectivity index (χ0) is 12.8. The van der Waals surface area contributed by atoms with E-state index in [1.807, 2.05) is 34.6 Å². The number of hydrogen-bond acceptors (Lipinski definition) is 3. The first kappa shape index (κ1) is 15.2. The van der Waals surface area contributed by atoms with Crippen LogP contribution in [-0.2, 0) is 9.53 Å². The van der Waals surface area contributed by atoms with Gasteiger partial charge in [0.2, 0.25) is 0 Å². The van der Waals surface area contributed by atoms with Gasteiger partial charge < -0.3 is 9.84 Å². The van der Waals surface area contributed by atoms with E-state index < -0.39 is 5.60 Å². The average Bonchev–Trinajstić information content (AvgIpc) is 2.15. The molecule has 0 saturated carbocycles. The zero-order valence-corrected chi connectivity index (χ0v) is 11.0. The van der Waals surface area contributed by atoms with E-state index >= 15 is 0 Å². The number of esters is 1. The molecule has 0 aliphatic rings. The Hall–Kier alpha value is -0.830. The number of hydrogen-bond donors (Lipinski definition) is 1. The largest absolute Gasteiger partial charge is 0.457 e. The van der Waals surface area contributed by atoms with Gasteiger partial charge in [-0.3, -0.25) is 0 Å². The molecule has 0 radical (unpaired) electrons. The fourth-order valence-electron chi connectivity index (χ4n) is 1.38. The third-order valence-corrected chi connectivity index (χ3v) is 2.27. The zero-order valence-electron chi connectivity index (χ0n) is 11.0. The lowest BCUT2D eigenvalue weighted by atomic mass is 9.97. The van der Waals surface area contributed by atoms with Gasteiger partial charge in [-0.1, -0.05) is 19.9 Å². The predicted octanol–water partition coefficient (Wildman–Crippen LogP) is 2.68. The fraction of sp³-hybridized carbons (Fsp3) is 0.769. The second kappa shape index (κ2) is 6.69. The molecule has 0 aliphatic carbocycles. The molecule has 0 aromatic heterocycles. The molecule has 2 atom stereocenters. The summed E-state index contributed by atoms with van der Waals surface area (Å²) in [7, 11) is 0. The van der Waals surface area contributed by atoms with Crippen LogP contribution < -0.4 is 0 Å². The molecule has 94 valence electrons. The van der Waals surface area contributed by atoms with Crippen LogP contribution in [0.25, 0.3) is 0 Å². The van der Waals surface area contributed by atoms with E-state index in [1.165, 1.54) is 6.08 Å². The summed E-state index contributed by atoms with van der Waals surface area (Å²) in [5.74, 6) is -0.327. The second-order valence-electron chi connectivity index (χ2n) is 4.94. The van der Waals surface area contributed by atoms with Crippen LogP contribution in [-0.4, -0.2) is 22.8 Å². The summed E-state index contributed by atoms with van der Waals surface area (Å²) >= 11 is 0. The third-order valence-electron chi connectivity index (χ3n) is 2.27. The van der Waals surface area contributed by atoms with Gasteiger partial charge >= 0.3 is 5.97 Å². The first-order valence-corrected chi connectivity index (χ1v) is 5.89. The highest BCUT2D eigenvalue weighted by Gasteiger charge is 2.16. The summed E-state index contributed by atoms with van der Waals surface area (Å²) < 4.78 is 5.14. The topological polar surface area (TPSA) is 46.5 Å². The molecule has 0 fully saturated rings. The van der Waals surface area contributed by atoms with Gasteiger partial charge in [-0.05, 0) is 33.6 Å². The number of aliphatic hydroxyl groups is 1. The molecule has 3 nitrogen and oxygen atoms in total. The van der Waals surface area contributed by atoms with Crippen molar-refractivity contribution >= 4 is 5.97 Å². The van der Waals surface area contributed by atoms with Crippen molar-refractivity contribution in [3.63, 3.8) is 0 Å². The molecule has 3 heteroatoms. The summed E-state index contributed by atoms with van der Waals surface area (Å²) in [6.45, 7) is 9.41. The van der Waals surface area contributed by atoms with Crippen molar-refractivity contribution in [2.45, 2.75) is 59.2 Å². The first-order valence-electron chi connectivity index (χ1n) is 5.89. The van der Waals surface area contributed by atoms with Gasteiger partial charge in [-0.2, -0.15) is 0 Å². The molecule has 0 rings (SSSR count). The molecule has 0 saturated heterocycles. The standard InChI is InChI=1S/C13H24O3/c1-6-10(11(14)7-2)8-9-12(15)16-13(3,4)5/h8-11,14H,6-7H2,1-5H3/b9-8+/t10-,11+/m1/s1. The first-order chi connectivity index (χ1) is 7.30. The Balaban J connectivity index is 4.29. The van der Waals surface area contributed by atoms with Gasteiger partial charge in [-0.25, -0.2) is 4.79 Å². The Morgan fingerprint density at radius 1 is 1.31 bits per heavy atom. The Labute approximate surface area is 98.5 Å². The average molecular weight is 228 g/mol. The Bertz CT molecular complexity index is 238. The Morgan fingerprint density at radius 3 is 2.25 bits per heavy atom. The van der Waals surface area contributed by atoms with Crippen molar-refractivity contribution in [3.05, 3.63) is 12.2 Å². The van der Waals surface area contributed by atoms with Crippen LogP contribution in [0.4, 0.5) is 0 Å². The number of rotatable bonds is 5. The minimum absolute atomic E-state index is 0.0255. The number of carbonyl (C=O) groups is 1. The van der Waals surface area contributed by atoms with E-state index in [-0.39, 0.29) is 18.0 Å². The predicted molar refractivity (Wildman–Crippen MR) is 65.1 cm³/mol. The van der Waals surface area contributed by atoms with Crippen LogP contribution in [0.2, 0.25) is 0 Å². The summed E-state index contributed by atoms with van der Waals surface area (Å²) in [5, 5.41) is 9.66. The van der Waals surface area contributed by atoms with E-state index in [2.05, 4.69) is 0 Å². The minimum Gasteiger partial charge on any atom is -0.457 e. The molecule has 0 unspecified atom stereocenters. The molecule has 0 aliphatic heterocycles. The van der Waals surface area contributed by atoms with Gasteiger partial charge in [0.1, 0.15) is 5.60 Å². The molecule has 0 heterocycles. The molecule has 0 spiro atoms. The van der Waals surface area contributed by atoms with Crippen LogP contribution in [0.3, 0.4) is 0 Å². The molecule has 0 aromatic rings. The summed E-state index contributed by atoms with van der Waals surface area (Å²) in [6, 6.07) is 0. The number of carbonyl (C=O) groups excluding carboxylic acids is 1. The van der Waals surface area contributed by atoms with Crippen molar-refractivity contribution in [1.29, 1.82) is 0 Å². The highest BCUT2D eigenvalue weighted by Crippen LogP contribution is 2.14. The van der Waals surface area contributed by atoms with Gasteiger partial charge in [0.15, 0.2) is 0 Å². The molecule has 16 heavy (non-hydrogen) atoms. The van der Waals surface area contributed by atoms with Crippen molar-refractivity contribution in [3.8, 4) is 0 Å². The monoisotopic (exact) mass is 228 g/mol. The smallest absolute Gasteiger partial charge is 0.330 e. The third kappa shape index (κ3) is 6.62. The van der Waals surface area contributed by atoms with E-state index in [4.69, 9.17) is 4.74 Å². The summed E-state index contributed by atoms with van der Waals surface area (Å²) in [6.07, 6.45) is 4.27. The second-order valence-corrected chi connectivity index (χ2v) is 4.94. The normalized spacial score (nSPS) is 16.1. The lowest BCUT2D eigenvalue weighted by Gasteiger charge is -2.19. The van der Waals surface area contributed by atoms with Crippen molar-refractivity contribution in [2.75, 3.05) is 0 Å². The molecular weight excluding hydrogens is 204 g/mol. The maximum atomic E-state index is 11.4. The highest BCUT2D eigenvalue weighted by molar-refractivity contribution is 5.82. The van der Waals surface area contributed by atoms with Crippen LogP contribution in [0.15, 0.2) is 12.2 Å². The van der Waals surface area contributed by atoms with Gasteiger partial charge in [0, 0.05) is 12.0 Å². The summed E-state index contributed by atoms with van der Waals surface area (Å²) in [5.41, 5.74) is -0.466. The van der Waals surface area contributed by atoms with E-state index in [1.54, 1.807) is 6.08 Å². The number of aliphatic hydroxyl groups excluding tert-OH is 1. The molecule has 0 amide bonds. The van der Waals surface area contributed by atoms with Crippen LogP contribution >= 0.6 is 0 Å². The van der Waals surface area contributed by atoms with Crippen LogP contribution in [0.1, 0.15) is 47.5 Å². The Morgan fingerprint density at radius 2 is 1.88 bits per heavy atom. The highest BCUT2D eigenvalue weighted by atomic mass is 16.6. The quantitative estimate of drug-likeness (QED) is 0.581. The molecule has 0 aromatic carbocycles. The van der Waals surface area contributed by atoms with Crippen molar-refractivity contribution in [1.82, 2.24) is 0 Å². The van der Waals surface area contributed by atoms with Gasteiger partial charge in [0.25, 0.3) is 0 Å². The molecular formula is C13H24O3. The molecule has 0 bridgehead atoms. The fourth-order valence-corrected chi connectivity index (χ4v) is 1.38. The maximum absolute atomic E-state index is 11.4. The SMILES string of the molecule is CC[C@H](O)[C@@H](/C=C/C(=O)OC(C)(C)C)CC. The van der Waals surface area contributed by atoms with Crippen LogP contribution in [0.5, 0.6) is 0 Å². The molecule has 1 N–H and O–H groups in total. The van der Waals surface area contributed by atoms with E-state index in [0.717, 1.165) is 6.42 Å². The van der Waals surface area contributed by atoms with Gasteiger partial charge in [-0.15, -0.1) is 0 Å². The Kier molecular flexibility index (Phi) is 6.34. The van der Waals surface area contributed by atoms with E-state index in [0.29, 0.717) is 6.42 Å². The number of ether oxygens (including phenoxy) is 1. The lowest BCUT2D eigenvalue weighted by Crippen LogP contribution is -2.23. The van der Waals surface area contributed by atoms with E-state index in [9.17, 15) is 9.90 Å². The minimum atomic E-state index is -0.466. The van der Waals surface area contributed by atoms with Crippen molar-refractivity contribution in [2.24, 2.45) is 5.92 Å². The van der Waals surface area contributed by atoms with Crippen LogP contribution in [0, 0.1) is 5.92 Å². The summed E-state index contributed by atoms with van der Waals surface area (Å²) in [4.78, 5) is 11.4. The van der Waals surface area contributed by atoms with Gasteiger partial charge in [0.05, 0.1) is 6.10 Å². The lowest BCUT2D eigenvalue weighted by molar-refractivity contribution is -0.148. The maximum Gasteiger partial charge on any atom is 0.330 e. The van der Waals surface area contributed by atoms with Crippen molar-refractivity contribution < 1.29 is 14.6 Å².